The SMILES string of the molecule is CC(NCCCOCCO)C1CCCN(C)C1. The number of piperidine rings is 1. The van der Waals surface area contributed by atoms with Gasteiger partial charge in [-0.05, 0) is 52.2 Å². The van der Waals surface area contributed by atoms with Gasteiger partial charge in [-0.15, -0.1) is 0 Å². The topological polar surface area (TPSA) is 44.7 Å². The van der Waals surface area contributed by atoms with E-state index in [-0.39, 0.29) is 6.61 Å². The van der Waals surface area contributed by atoms with Crippen molar-refractivity contribution in [3.8, 4) is 0 Å². The Balaban J connectivity index is 2.02. The summed E-state index contributed by atoms with van der Waals surface area (Å²) in [5.41, 5.74) is 0. The molecule has 1 aliphatic rings. The van der Waals surface area contributed by atoms with E-state index in [0.717, 1.165) is 25.5 Å². The van der Waals surface area contributed by atoms with E-state index in [0.29, 0.717) is 12.6 Å². The summed E-state index contributed by atoms with van der Waals surface area (Å²) in [6.07, 6.45) is 3.69. The van der Waals surface area contributed by atoms with Gasteiger partial charge in [-0.3, -0.25) is 0 Å². The number of aliphatic hydroxyl groups excluding tert-OH is 1. The first-order chi connectivity index (χ1) is 8.24. The lowest BCUT2D eigenvalue weighted by Crippen LogP contribution is -2.43. The molecule has 4 nitrogen and oxygen atoms in total. The molecular formula is C13H28N2O2. The molecule has 17 heavy (non-hydrogen) atoms. The number of ether oxygens (including phenoxy) is 1. The van der Waals surface area contributed by atoms with Gasteiger partial charge >= 0.3 is 0 Å². The molecule has 0 radical (unpaired) electrons. The highest BCUT2D eigenvalue weighted by molar-refractivity contribution is 4.78. The fourth-order valence-corrected chi connectivity index (χ4v) is 2.45. The number of aliphatic hydroxyl groups is 1. The third-order valence-corrected chi connectivity index (χ3v) is 3.54. The molecule has 0 spiro atoms. The fourth-order valence-electron chi connectivity index (χ4n) is 2.45. The smallest absolute Gasteiger partial charge is 0.0697 e. The molecule has 1 heterocycles. The van der Waals surface area contributed by atoms with Gasteiger partial charge in [0.05, 0.1) is 13.2 Å². The van der Waals surface area contributed by atoms with Crippen molar-refractivity contribution in [3.05, 3.63) is 0 Å². The van der Waals surface area contributed by atoms with Crippen LogP contribution in [0.4, 0.5) is 0 Å². The van der Waals surface area contributed by atoms with Crippen LogP contribution in [0.5, 0.6) is 0 Å². The Kier molecular flexibility index (Phi) is 7.77. The summed E-state index contributed by atoms with van der Waals surface area (Å²) < 4.78 is 5.23. The summed E-state index contributed by atoms with van der Waals surface area (Å²) in [5, 5.41) is 12.1. The molecule has 1 aliphatic heterocycles. The molecule has 0 bridgehead atoms. The van der Waals surface area contributed by atoms with E-state index in [1.165, 1.54) is 25.9 Å². The van der Waals surface area contributed by atoms with Crippen LogP contribution in [-0.4, -0.2) is 62.6 Å². The summed E-state index contributed by atoms with van der Waals surface area (Å²) in [4.78, 5) is 2.43. The van der Waals surface area contributed by atoms with Crippen LogP contribution in [-0.2, 0) is 4.74 Å². The van der Waals surface area contributed by atoms with Crippen molar-refractivity contribution in [2.24, 2.45) is 5.92 Å². The Hall–Kier alpha value is -0.160. The fraction of sp³-hybridized carbons (Fsp3) is 1.00. The van der Waals surface area contributed by atoms with Crippen LogP contribution < -0.4 is 5.32 Å². The maximum absolute atomic E-state index is 8.56. The number of hydrogen-bond acceptors (Lipinski definition) is 4. The van der Waals surface area contributed by atoms with Crippen molar-refractivity contribution >= 4 is 0 Å². The summed E-state index contributed by atoms with van der Waals surface area (Å²) in [6, 6.07) is 0.593. The zero-order valence-corrected chi connectivity index (χ0v) is 11.3. The number of likely N-dealkylation sites (tertiary alicyclic amines) is 1. The minimum Gasteiger partial charge on any atom is -0.394 e. The van der Waals surface area contributed by atoms with Crippen LogP contribution in [0.25, 0.3) is 0 Å². The van der Waals surface area contributed by atoms with Crippen LogP contribution in [0.2, 0.25) is 0 Å². The van der Waals surface area contributed by atoms with Gasteiger partial charge in [0, 0.05) is 19.2 Å². The number of nitrogens with one attached hydrogen (secondary N) is 1. The highest BCUT2D eigenvalue weighted by atomic mass is 16.5. The predicted octanol–water partition coefficient (Wildman–Crippen LogP) is 0.705. The van der Waals surface area contributed by atoms with E-state index in [4.69, 9.17) is 9.84 Å². The van der Waals surface area contributed by atoms with E-state index in [9.17, 15) is 0 Å². The van der Waals surface area contributed by atoms with Crippen molar-refractivity contribution in [2.45, 2.75) is 32.2 Å². The Labute approximate surface area is 105 Å². The molecule has 1 rings (SSSR count). The highest BCUT2D eigenvalue weighted by Crippen LogP contribution is 2.18. The summed E-state index contributed by atoms with van der Waals surface area (Å²) in [7, 11) is 2.21. The lowest BCUT2D eigenvalue weighted by atomic mass is 9.92. The molecule has 0 amide bonds. The first-order valence-corrected chi connectivity index (χ1v) is 6.84. The monoisotopic (exact) mass is 244 g/mol. The maximum atomic E-state index is 8.56. The van der Waals surface area contributed by atoms with Gasteiger partial charge in [0.25, 0.3) is 0 Å². The van der Waals surface area contributed by atoms with Crippen LogP contribution in [0.3, 0.4) is 0 Å². The summed E-state index contributed by atoms with van der Waals surface area (Å²) in [6.45, 7) is 7.09. The molecule has 2 N–H and O–H groups in total. The average molecular weight is 244 g/mol. The van der Waals surface area contributed by atoms with Gasteiger partial charge < -0.3 is 20.1 Å². The van der Waals surface area contributed by atoms with E-state index in [1.807, 2.05) is 0 Å². The second kappa shape index (κ2) is 8.86. The van der Waals surface area contributed by atoms with Gasteiger partial charge in [-0.2, -0.15) is 0 Å². The number of hydrogen-bond donors (Lipinski definition) is 2. The van der Waals surface area contributed by atoms with Crippen LogP contribution >= 0.6 is 0 Å². The van der Waals surface area contributed by atoms with Crippen molar-refractivity contribution in [1.29, 1.82) is 0 Å². The summed E-state index contributed by atoms with van der Waals surface area (Å²) in [5.74, 6) is 0.784. The molecule has 2 unspecified atom stereocenters. The average Bonchev–Trinajstić information content (AvgIpc) is 2.33. The Bertz CT molecular complexity index is 190. The third kappa shape index (κ3) is 6.36. The maximum Gasteiger partial charge on any atom is 0.0697 e. The third-order valence-electron chi connectivity index (χ3n) is 3.54. The van der Waals surface area contributed by atoms with Gasteiger partial charge in [-0.1, -0.05) is 0 Å². The van der Waals surface area contributed by atoms with Crippen molar-refractivity contribution < 1.29 is 9.84 Å². The minimum atomic E-state index is 0.123. The first-order valence-electron chi connectivity index (χ1n) is 6.84. The van der Waals surface area contributed by atoms with E-state index >= 15 is 0 Å². The quantitative estimate of drug-likeness (QED) is 0.617. The second-order valence-corrected chi connectivity index (χ2v) is 5.10. The molecule has 1 saturated heterocycles. The number of nitrogens with zero attached hydrogens (tertiary/aromatic N) is 1. The lowest BCUT2D eigenvalue weighted by Gasteiger charge is -2.34. The number of rotatable bonds is 8. The van der Waals surface area contributed by atoms with Gasteiger partial charge in [0.2, 0.25) is 0 Å². The molecule has 0 aromatic heterocycles. The lowest BCUT2D eigenvalue weighted by molar-refractivity contribution is 0.0896. The summed E-state index contributed by atoms with van der Waals surface area (Å²) >= 11 is 0. The zero-order chi connectivity index (χ0) is 12.5. The van der Waals surface area contributed by atoms with E-state index < -0.39 is 0 Å². The van der Waals surface area contributed by atoms with Crippen molar-refractivity contribution in [1.82, 2.24) is 10.2 Å². The first kappa shape index (κ1) is 14.9. The Morgan fingerprint density at radius 1 is 1.47 bits per heavy atom. The van der Waals surface area contributed by atoms with Crippen LogP contribution in [0.15, 0.2) is 0 Å². The Morgan fingerprint density at radius 2 is 2.29 bits per heavy atom. The van der Waals surface area contributed by atoms with Crippen LogP contribution in [0.1, 0.15) is 26.2 Å². The molecule has 2 atom stereocenters. The van der Waals surface area contributed by atoms with Gasteiger partial charge in [0.1, 0.15) is 0 Å². The highest BCUT2D eigenvalue weighted by Gasteiger charge is 2.21. The van der Waals surface area contributed by atoms with Crippen LogP contribution in [0, 0.1) is 5.92 Å². The molecule has 0 aromatic carbocycles. The van der Waals surface area contributed by atoms with E-state index in [1.54, 1.807) is 0 Å². The van der Waals surface area contributed by atoms with E-state index in [2.05, 4.69) is 24.2 Å². The molecule has 4 heteroatoms. The van der Waals surface area contributed by atoms with Crippen molar-refractivity contribution in [2.75, 3.05) is 46.5 Å². The molecule has 0 aromatic rings. The molecular weight excluding hydrogens is 216 g/mol. The molecule has 102 valence electrons. The Morgan fingerprint density at radius 3 is 3.00 bits per heavy atom. The predicted molar refractivity (Wildman–Crippen MR) is 70.2 cm³/mol. The minimum absolute atomic E-state index is 0.123. The molecule has 1 fully saturated rings. The second-order valence-electron chi connectivity index (χ2n) is 5.10. The zero-order valence-electron chi connectivity index (χ0n) is 11.3. The van der Waals surface area contributed by atoms with Gasteiger partial charge in [-0.25, -0.2) is 0 Å². The normalized spacial score (nSPS) is 23.8. The standard InChI is InChI=1S/C13H28N2O2/c1-12(13-5-3-7-15(2)11-13)14-6-4-9-17-10-8-16/h12-14,16H,3-11H2,1-2H3. The largest absolute Gasteiger partial charge is 0.394 e. The molecule has 0 aliphatic carbocycles. The molecule has 0 saturated carbocycles. The van der Waals surface area contributed by atoms with Crippen molar-refractivity contribution in [3.63, 3.8) is 0 Å². The van der Waals surface area contributed by atoms with Gasteiger partial charge in [0.15, 0.2) is 0 Å².